The summed E-state index contributed by atoms with van der Waals surface area (Å²) in [5.74, 6) is -0.312. The molecule has 5 rings (SSSR count). The van der Waals surface area contributed by atoms with Crippen LogP contribution < -0.4 is 5.73 Å². The second-order valence-electron chi connectivity index (χ2n) is 11.3. The number of ether oxygens (including phenoxy) is 1. The molecule has 2 amide bonds. The number of hydrogen-bond acceptors (Lipinski definition) is 5. The van der Waals surface area contributed by atoms with Gasteiger partial charge in [0.05, 0.1) is 22.8 Å². The topological polar surface area (TPSA) is 106 Å². The maximum Gasteiger partial charge on any atom is 0.411 e. The van der Waals surface area contributed by atoms with Crippen LogP contribution in [0.25, 0.3) is 11.1 Å². The number of nitrogens with two attached hydrogens (primary N) is 1. The Morgan fingerprint density at radius 3 is 2.24 bits per heavy atom. The number of nitrogens with zero attached hydrogens (tertiary/aromatic N) is 2. The number of cyclic esters (lactones) is 1. The van der Waals surface area contributed by atoms with Gasteiger partial charge in [-0.15, -0.1) is 0 Å². The van der Waals surface area contributed by atoms with Gasteiger partial charge in [0.15, 0.2) is 0 Å². The molecule has 38 heavy (non-hydrogen) atoms. The van der Waals surface area contributed by atoms with Gasteiger partial charge in [0.1, 0.15) is 5.60 Å². The third-order valence-corrected chi connectivity index (χ3v) is 7.96. The van der Waals surface area contributed by atoms with Crippen LogP contribution in [0.2, 0.25) is 0 Å². The van der Waals surface area contributed by atoms with Crippen molar-refractivity contribution in [3.05, 3.63) is 89.7 Å². The van der Waals surface area contributed by atoms with Gasteiger partial charge in [-0.05, 0) is 56.4 Å². The second-order valence-corrected chi connectivity index (χ2v) is 11.3. The standard InChI is InChI=1S/C31H35N3O4/c1-21(34-18-17-31(38-28(34)36,20-29(2,3)37)25-7-5-4-6-8-25)22-9-11-23(12-10-22)24-13-14-26(33-19-24)30(15-16-30)27(32)35/h4-14,19,21,37H,15-18,20H2,1-3H3,(H2,32,35)/t21-,31-/m0/s1. The van der Waals surface area contributed by atoms with Crippen molar-refractivity contribution < 1.29 is 19.4 Å². The van der Waals surface area contributed by atoms with E-state index in [0.29, 0.717) is 19.4 Å². The molecule has 7 nitrogen and oxygen atoms in total. The quantitative estimate of drug-likeness (QED) is 0.429. The molecular weight excluding hydrogens is 478 g/mol. The Labute approximate surface area is 223 Å². The van der Waals surface area contributed by atoms with Crippen LogP contribution in [-0.4, -0.2) is 39.1 Å². The van der Waals surface area contributed by atoms with Crippen LogP contribution in [0.5, 0.6) is 0 Å². The van der Waals surface area contributed by atoms with Gasteiger partial charge in [0.2, 0.25) is 5.91 Å². The maximum atomic E-state index is 13.3. The molecule has 0 spiro atoms. The summed E-state index contributed by atoms with van der Waals surface area (Å²) in [6.07, 6.45) is 3.81. The summed E-state index contributed by atoms with van der Waals surface area (Å²) in [5, 5.41) is 10.6. The summed E-state index contributed by atoms with van der Waals surface area (Å²) in [7, 11) is 0. The minimum absolute atomic E-state index is 0.182. The van der Waals surface area contributed by atoms with Gasteiger partial charge in [-0.3, -0.25) is 9.78 Å². The van der Waals surface area contributed by atoms with Crippen LogP contribution in [0.3, 0.4) is 0 Å². The lowest BCUT2D eigenvalue weighted by molar-refractivity contribution is -0.120. The number of carbonyl (C=O) groups excluding carboxylic acids is 2. The number of amides is 2. The fourth-order valence-electron chi connectivity index (χ4n) is 5.63. The predicted molar refractivity (Wildman–Crippen MR) is 145 cm³/mol. The molecule has 2 aromatic carbocycles. The highest BCUT2D eigenvalue weighted by Crippen LogP contribution is 2.47. The SMILES string of the molecule is C[C@@H](c1ccc(-c2ccc(C3(C(N)=O)CC3)nc2)cc1)N1CC[C@](CC(C)(C)O)(c2ccccc2)OC1=O. The highest BCUT2D eigenvalue weighted by atomic mass is 16.6. The average molecular weight is 514 g/mol. The van der Waals surface area contributed by atoms with E-state index in [1.165, 1.54) is 0 Å². The van der Waals surface area contributed by atoms with E-state index in [0.717, 1.165) is 40.8 Å². The first kappa shape index (κ1) is 25.9. The molecule has 0 bridgehead atoms. The van der Waals surface area contributed by atoms with Crippen molar-refractivity contribution in [2.75, 3.05) is 6.54 Å². The first-order valence-corrected chi connectivity index (χ1v) is 13.2. The van der Waals surface area contributed by atoms with E-state index < -0.39 is 16.6 Å². The number of benzene rings is 2. The van der Waals surface area contributed by atoms with E-state index in [-0.39, 0.29) is 18.0 Å². The lowest BCUT2D eigenvalue weighted by Gasteiger charge is -2.45. The fraction of sp³-hybridized carbons (Fsp3) is 0.387. The summed E-state index contributed by atoms with van der Waals surface area (Å²) >= 11 is 0. The fourth-order valence-corrected chi connectivity index (χ4v) is 5.63. The molecule has 198 valence electrons. The Morgan fingerprint density at radius 2 is 1.71 bits per heavy atom. The molecule has 7 heteroatoms. The highest BCUT2D eigenvalue weighted by Gasteiger charge is 2.51. The van der Waals surface area contributed by atoms with Crippen molar-refractivity contribution >= 4 is 12.0 Å². The normalized spacial score (nSPS) is 21.5. The number of aliphatic hydroxyl groups is 1. The third-order valence-electron chi connectivity index (χ3n) is 7.96. The molecule has 2 aliphatic rings. The first-order chi connectivity index (χ1) is 18.0. The molecule has 2 atom stereocenters. The molecule has 1 saturated carbocycles. The van der Waals surface area contributed by atoms with E-state index in [9.17, 15) is 14.7 Å². The van der Waals surface area contributed by atoms with Crippen molar-refractivity contribution in [1.29, 1.82) is 0 Å². The summed E-state index contributed by atoms with van der Waals surface area (Å²) in [5.41, 5.74) is 7.69. The van der Waals surface area contributed by atoms with Gasteiger partial charge in [-0.25, -0.2) is 4.79 Å². The van der Waals surface area contributed by atoms with E-state index >= 15 is 0 Å². The van der Waals surface area contributed by atoms with Crippen LogP contribution in [0, 0.1) is 0 Å². The zero-order chi connectivity index (χ0) is 27.1. The Hall–Kier alpha value is -3.71. The molecule has 2 heterocycles. The molecule has 1 saturated heterocycles. The second kappa shape index (κ2) is 9.55. The molecule has 0 unspecified atom stereocenters. The summed E-state index contributed by atoms with van der Waals surface area (Å²) in [6.45, 7) is 6.00. The molecule has 0 radical (unpaired) electrons. The summed E-state index contributed by atoms with van der Waals surface area (Å²) < 4.78 is 6.13. The van der Waals surface area contributed by atoms with Crippen LogP contribution in [-0.2, 0) is 20.5 Å². The Morgan fingerprint density at radius 1 is 1.05 bits per heavy atom. The van der Waals surface area contributed by atoms with Crippen LogP contribution >= 0.6 is 0 Å². The van der Waals surface area contributed by atoms with Gasteiger partial charge in [0, 0.05) is 31.1 Å². The lowest BCUT2D eigenvalue weighted by Crippen LogP contribution is -2.51. The molecule has 1 aromatic heterocycles. The predicted octanol–water partition coefficient (Wildman–Crippen LogP) is 5.23. The lowest BCUT2D eigenvalue weighted by atomic mass is 9.80. The van der Waals surface area contributed by atoms with Crippen LogP contribution in [0.15, 0.2) is 72.9 Å². The first-order valence-electron chi connectivity index (χ1n) is 13.2. The zero-order valence-corrected chi connectivity index (χ0v) is 22.2. The third kappa shape index (κ3) is 4.90. The minimum Gasteiger partial charge on any atom is -0.438 e. The number of primary amides is 1. The van der Waals surface area contributed by atoms with Crippen molar-refractivity contribution in [1.82, 2.24) is 9.88 Å². The van der Waals surface area contributed by atoms with E-state index in [1.54, 1.807) is 24.9 Å². The van der Waals surface area contributed by atoms with Gasteiger partial charge in [-0.1, -0.05) is 60.7 Å². The zero-order valence-electron chi connectivity index (χ0n) is 22.2. The Bertz CT molecular complexity index is 1310. The number of rotatable bonds is 8. The highest BCUT2D eigenvalue weighted by molar-refractivity contribution is 5.89. The minimum atomic E-state index is -0.994. The van der Waals surface area contributed by atoms with E-state index in [4.69, 9.17) is 10.5 Å². The van der Waals surface area contributed by atoms with Crippen molar-refractivity contribution in [3.63, 3.8) is 0 Å². The summed E-state index contributed by atoms with van der Waals surface area (Å²) in [6, 6.07) is 21.4. The van der Waals surface area contributed by atoms with Crippen molar-refractivity contribution in [3.8, 4) is 11.1 Å². The van der Waals surface area contributed by atoms with Crippen LogP contribution in [0.4, 0.5) is 4.79 Å². The Balaban J connectivity index is 1.30. The molecule has 1 aliphatic carbocycles. The van der Waals surface area contributed by atoms with E-state index in [1.807, 2.05) is 73.7 Å². The molecule has 1 aliphatic heterocycles. The smallest absolute Gasteiger partial charge is 0.411 e. The largest absolute Gasteiger partial charge is 0.438 e. The van der Waals surface area contributed by atoms with Crippen molar-refractivity contribution in [2.24, 2.45) is 5.73 Å². The van der Waals surface area contributed by atoms with Gasteiger partial charge < -0.3 is 20.5 Å². The van der Waals surface area contributed by atoms with Gasteiger partial charge in [0.25, 0.3) is 0 Å². The monoisotopic (exact) mass is 513 g/mol. The Kier molecular flexibility index (Phi) is 6.51. The van der Waals surface area contributed by atoms with E-state index in [2.05, 4.69) is 4.98 Å². The summed E-state index contributed by atoms with van der Waals surface area (Å²) in [4.78, 5) is 31.4. The van der Waals surface area contributed by atoms with Crippen LogP contribution in [0.1, 0.15) is 69.3 Å². The number of pyridine rings is 1. The van der Waals surface area contributed by atoms with Gasteiger partial charge >= 0.3 is 6.09 Å². The van der Waals surface area contributed by atoms with Crippen molar-refractivity contribution in [2.45, 2.75) is 69.1 Å². The number of hydrogen-bond donors (Lipinski definition) is 2. The van der Waals surface area contributed by atoms with Gasteiger partial charge in [-0.2, -0.15) is 0 Å². The molecule has 2 fully saturated rings. The molecule has 3 aromatic rings. The average Bonchev–Trinajstić information content (AvgIpc) is 3.71. The maximum absolute atomic E-state index is 13.3. The molecule has 3 N–H and O–H groups in total. The molecular formula is C31H35N3O4. The number of carbonyl (C=O) groups is 2. The number of aromatic nitrogens is 1.